The zero-order valence-electron chi connectivity index (χ0n) is 16.4. The van der Waals surface area contributed by atoms with Gasteiger partial charge >= 0.3 is 5.97 Å². The molecule has 0 unspecified atom stereocenters. The molecule has 1 aromatic carbocycles. The molecular weight excluding hydrogens is 366 g/mol. The summed E-state index contributed by atoms with van der Waals surface area (Å²) in [6, 6.07) is 5.69. The summed E-state index contributed by atoms with van der Waals surface area (Å²) < 4.78 is 6.79. The van der Waals surface area contributed by atoms with Gasteiger partial charge in [0.25, 0.3) is 11.6 Å². The number of anilines is 2. The highest BCUT2D eigenvalue weighted by molar-refractivity contribution is 5.97. The summed E-state index contributed by atoms with van der Waals surface area (Å²) in [5, 5.41) is 18.0. The second-order valence-electron chi connectivity index (χ2n) is 6.65. The van der Waals surface area contributed by atoms with Crippen LogP contribution in [0.1, 0.15) is 37.2 Å². The molecule has 1 atom stereocenters. The van der Waals surface area contributed by atoms with E-state index in [0.29, 0.717) is 11.5 Å². The monoisotopic (exact) mass is 389 g/mol. The number of nitro benzene ring substituents is 1. The highest BCUT2D eigenvalue weighted by Crippen LogP contribution is 2.28. The number of rotatable bonds is 7. The van der Waals surface area contributed by atoms with E-state index in [1.165, 1.54) is 19.1 Å². The summed E-state index contributed by atoms with van der Waals surface area (Å²) in [7, 11) is 3.32. The molecule has 0 aliphatic heterocycles. The van der Waals surface area contributed by atoms with Crippen LogP contribution in [0.25, 0.3) is 0 Å². The van der Waals surface area contributed by atoms with E-state index in [2.05, 4.69) is 10.4 Å². The topological polar surface area (TPSA) is 120 Å². The minimum atomic E-state index is -1.10. The molecule has 1 amide bonds. The zero-order valence-corrected chi connectivity index (χ0v) is 16.4. The van der Waals surface area contributed by atoms with Gasteiger partial charge in [-0.1, -0.05) is 0 Å². The summed E-state index contributed by atoms with van der Waals surface area (Å²) in [6.07, 6.45) is 0.452. The van der Waals surface area contributed by atoms with Gasteiger partial charge in [0, 0.05) is 32.3 Å². The SMILES string of the molecule is CC(C)n1nccc1NC(=O)[C@H](C)OC(=O)c1ccc(N(C)C)c([N+](=O)[O-])c1. The average Bonchev–Trinajstić information content (AvgIpc) is 3.09. The van der Waals surface area contributed by atoms with Gasteiger partial charge in [-0.25, -0.2) is 9.48 Å². The highest BCUT2D eigenvalue weighted by Gasteiger charge is 2.23. The van der Waals surface area contributed by atoms with Crippen molar-refractivity contribution in [2.75, 3.05) is 24.3 Å². The molecule has 0 saturated carbocycles. The van der Waals surface area contributed by atoms with Gasteiger partial charge in [-0.15, -0.1) is 0 Å². The Morgan fingerprint density at radius 3 is 2.50 bits per heavy atom. The number of hydrogen-bond donors (Lipinski definition) is 1. The Hall–Kier alpha value is -3.43. The molecule has 10 heteroatoms. The first kappa shape index (κ1) is 20.9. The Labute approximate surface area is 162 Å². The van der Waals surface area contributed by atoms with Gasteiger partial charge in [0.15, 0.2) is 6.10 Å². The lowest BCUT2D eigenvalue weighted by molar-refractivity contribution is -0.384. The molecule has 0 saturated heterocycles. The maximum absolute atomic E-state index is 12.3. The normalized spacial score (nSPS) is 11.8. The molecule has 0 bridgehead atoms. The number of carbonyl (C=O) groups is 2. The van der Waals surface area contributed by atoms with Gasteiger partial charge in [-0.05, 0) is 32.9 Å². The summed E-state index contributed by atoms with van der Waals surface area (Å²) in [6.45, 7) is 5.25. The fraction of sp³-hybridized carbons (Fsp3) is 0.389. The van der Waals surface area contributed by atoms with E-state index in [1.807, 2.05) is 13.8 Å². The number of ether oxygens (including phenoxy) is 1. The van der Waals surface area contributed by atoms with Crippen molar-refractivity contribution in [3.05, 3.63) is 46.1 Å². The van der Waals surface area contributed by atoms with Crippen LogP contribution in [0.15, 0.2) is 30.5 Å². The third-order valence-corrected chi connectivity index (χ3v) is 3.95. The van der Waals surface area contributed by atoms with Crippen molar-refractivity contribution >= 4 is 29.1 Å². The Bertz CT molecular complexity index is 890. The molecule has 1 N–H and O–H groups in total. The molecule has 1 heterocycles. The van der Waals surface area contributed by atoms with Crippen LogP contribution >= 0.6 is 0 Å². The van der Waals surface area contributed by atoms with E-state index in [0.717, 1.165) is 6.07 Å². The van der Waals surface area contributed by atoms with Crippen LogP contribution in [0.3, 0.4) is 0 Å². The Kier molecular flexibility index (Phi) is 6.34. The lowest BCUT2D eigenvalue weighted by Gasteiger charge is -2.16. The van der Waals surface area contributed by atoms with Gasteiger partial charge in [0.1, 0.15) is 11.5 Å². The lowest BCUT2D eigenvalue weighted by Crippen LogP contribution is -2.31. The standard InChI is InChI=1S/C18H23N5O5/c1-11(2)22-16(8-9-19-22)20-17(24)12(3)28-18(25)13-6-7-14(21(4)5)15(10-13)23(26)27/h6-12H,1-5H3,(H,20,24)/t12-/m0/s1. The van der Waals surface area contributed by atoms with E-state index in [9.17, 15) is 19.7 Å². The second kappa shape index (κ2) is 8.51. The number of nitrogens with zero attached hydrogens (tertiary/aromatic N) is 4. The second-order valence-corrected chi connectivity index (χ2v) is 6.65. The van der Waals surface area contributed by atoms with E-state index in [-0.39, 0.29) is 17.3 Å². The van der Waals surface area contributed by atoms with Gasteiger partial charge in [-0.2, -0.15) is 5.10 Å². The summed E-state index contributed by atoms with van der Waals surface area (Å²) in [5.41, 5.74) is 0.121. The molecule has 150 valence electrons. The summed E-state index contributed by atoms with van der Waals surface area (Å²) in [5.74, 6) is -0.877. The predicted molar refractivity (Wildman–Crippen MR) is 104 cm³/mol. The molecule has 0 aliphatic rings. The highest BCUT2D eigenvalue weighted by atomic mass is 16.6. The first-order chi connectivity index (χ1) is 13.1. The summed E-state index contributed by atoms with van der Waals surface area (Å²) in [4.78, 5) is 36.9. The first-order valence-corrected chi connectivity index (χ1v) is 8.63. The van der Waals surface area contributed by atoms with E-state index in [1.54, 1.807) is 35.9 Å². The Balaban J connectivity index is 2.11. The maximum atomic E-state index is 12.3. The van der Waals surface area contributed by atoms with E-state index >= 15 is 0 Å². The van der Waals surface area contributed by atoms with Crippen molar-refractivity contribution in [2.45, 2.75) is 32.9 Å². The maximum Gasteiger partial charge on any atom is 0.339 e. The largest absolute Gasteiger partial charge is 0.449 e. The molecule has 28 heavy (non-hydrogen) atoms. The van der Waals surface area contributed by atoms with Crippen LogP contribution in [0.2, 0.25) is 0 Å². The van der Waals surface area contributed by atoms with Crippen LogP contribution in [0.4, 0.5) is 17.2 Å². The van der Waals surface area contributed by atoms with Crippen molar-refractivity contribution in [3.63, 3.8) is 0 Å². The number of nitro groups is 1. The quantitative estimate of drug-likeness (QED) is 0.439. The van der Waals surface area contributed by atoms with Crippen LogP contribution < -0.4 is 10.2 Å². The lowest BCUT2D eigenvalue weighted by atomic mass is 10.1. The van der Waals surface area contributed by atoms with Crippen molar-refractivity contribution in [1.82, 2.24) is 9.78 Å². The van der Waals surface area contributed by atoms with Crippen LogP contribution in [0.5, 0.6) is 0 Å². The molecule has 2 rings (SSSR count). The zero-order chi connectivity index (χ0) is 21.0. The number of nitrogens with one attached hydrogen (secondary N) is 1. The molecular formula is C18H23N5O5. The minimum absolute atomic E-state index is 0.0100. The average molecular weight is 389 g/mol. The predicted octanol–water partition coefficient (Wildman–Crippen LogP) is 2.62. The van der Waals surface area contributed by atoms with Crippen molar-refractivity contribution in [3.8, 4) is 0 Å². The van der Waals surface area contributed by atoms with Crippen molar-refractivity contribution in [1.29, 1.82) is 0 Å². The van der Waals surface area contributed by atoms with Gasteiger partial charge in [0.05, 0.1) is 16.7 Å². The van der Waals surface area contributed by atoms with E-state index < -0.39 is 22.9 Å². The van der Waals surface area contributed by atoms with Crippen molar-refractivity contribution < 1.29 is 19.2 Å². The Morgan fingerprint density at radius 2 is 1.93 bits per heavy atom. The number of carbonyl (C=O) groups excluding carboxylic acids is 2. The first-order valence-electron chi connectivity index (χ1n) is 8.63. The van der Waals surface area contributed by atoms with Gasteiger partial charge in [0.2, 0.25) is 0 Å². The number of esters is 1. The fourth-order valence-electron chi connectivity index (χ4n) is 2.51. The molecule has 1 aromatic heterocycles. The number of benzene rings is 1. The third kappa shape index (κ3) is 4.64. The number of hydrogen-bond acceptors (Lipinski definition) is 7. The summed E-state index contributed by atoms with van der Waals surface area (Å²) >= 11 is 0. The molecule has 10 nitrogen and oxygen atoms in total. The van der Waals surface area contributed by atoms with Gasteiger partial charge < -0.3 is 15.0 Å². The number of amides is 1. The molecule has 0 spiro atoms. The molecule has 0 fully saturated rings. The molecule has 0 aliphatic carbocycles. The molecule has 2 aromatic rings. The minimum Gasteiger partial charge on any atom is -0.449 e. The third-order valence-electron chi connectivity index (χ3n) is 3.95. The fourth-order valence-corrected chi connectivity index (χ4v) is 2.51. The molecule has 0 radical (unpaired) electrons. The smallest absolute Gasteiger partial charge is 0.339 e. The van der Waals surface area contributed by atoms with Crippen molar-refractivity contribution in [2.24, 2.45) is 0 Å². The van der Waals surface area contributed by atoms with E-state index in [4.69, 9.17) is 4.74 Å². The Morgan fingerprint density at radius 1 is 1.25 bits per heavy atom. The number of aromatic nitrogens is 2. The van der Waals surface area contributed by atoms with Gasteiger partial charge in [-0.3, -0.25) is 14.9 Å². The van der Waals surface area contributed by atoms with Crippen LogP contribution in [0, 0.1) is 10.1 Å². The van der Waals surface area contributed by atoms with Crippen LogP contribution in [-0.4, -0.2) is 46.8 Å². The van der Waals surface area contributed by atoms with Crippen LogP contribution in [-0.2, 0) is 9.53 Å².